The number of aryl methyl sites for hydroxylation is 2. The minimum absolute atomic E-state index is 0.0764. The molecule has 6 nitrogen and oxygen atoms in total. The maximum Gasteiger partial charge on any atom is 0.319 e. The van der Waals surface area contributed by atoms with Crippen molar-refractivity contribution in [3.63, 3.8) is 0 Å². The number of para-hydroxylation sites is 1. The van der Waals surface area contributed by atoms with Crippen LogP contribution in [0.15, 0.2) is 78.9 Å². The number of hydrogen-bond donors (Lipinski definition) is 2. The Bertz CT molecular complexity index is 1200. The van der Waals surface area contributed by atoms with Gasteiger partial charge in [-0.2, -0.15) is 0 Å². The molecule has 0 spiro atoms. The number of urea groups is 1. The van der Waals surface area contributed by atoms with Crippen LogP contribution in [-0.2, 0) is 0 Å². The summed E-state index contributed by atoms with van der Waals surface area (Å²) in [7, 11) is 0. The lowest BCUT2D eigenvalue weighted by Crippen LogP contribution is -2.36. The number of anilines is 1. The average molecular weight is 497 g/mol. The lowest BCUT2D eigenvalue weighted by molar-refractivity contribution is 0.0772. The molecule has 6 heteroatoms. The van der Waals surface area contributed by atoms with Crippen molar-refractivity contribution in [2.75, 3.05) is 38.0 Å². The van der Waals surface area contributed by atoms with E-state index in [1.807, 2.05) is 80.6 Å². The van der Waals surface area contributed by atoms with Gasteiger partial charge < -0.3 is 20.4 Å². The monoisotopic (exact) mass is 496 g/mol. The van der Waals surface area contributed by atoms with E-state index in [1.165, 1.54) is 0 Å². The summed E-state index contributed by atoms with van der Waals surface area (Å²) in [6.07, 6.45) is 0.830. The quantitative estimate of drug-likeness (QED) is 0.469. The van der Waals surface area contributed by atoms with Gasteiger partial charge in [-0.25, -0.2) is 4.79 Å². The molecule has 0 saturated carbocycles. The predicted molar refractivity (Wildman–Crippen MR) is 148 cm³/mol. The van der Waals surface area contributed by atoms with Crippen molar-refractivity contribution >= 4 is 17.6 Å². The fourth-order valence-corrected chi connectivity index (χ4v) is 5.91. The van der Waals surface area contributed by atoms with Crippen LogP contribution in [0.1, 0.15) is 39.5 Å². The molecule has 0 bridgehead atoms. The van der Waals surface area contributed by atoms with E-state index in [0.717, 1.165) is 67.1 Å². The van der Waals surface area contributed by atoms with Crippen LogP contribution in [0.4, 0.5) is 10.5 Å². The molecular formula is C31H36N4O2. The van der Waals surface area contributed by atoms with E-state index in [4.69, 9.17) is 0 Å². The molecule has 5 rings (SSSR count). The first kappa shape index (κ1) is 25.0. The van der Waals surface area contributed by atoms with E-state index >= 15 is 0 Å². The third-order valence-electron chi connectivity index (χ3n) is 7.82. The summed E-state index contributed by atoms with van der Waals surface area (Å²) in [5.74, 6) is 1.20. The Morgan fingerprint density at radius 1 is 0.811 bits per heavy atom. The van der Waals surface area contributed by atoms with Gasteiger partial charge in [-0.05, 0) is 60.9 Å². The Labute approximate surface area is 219 Å². The number of benzene rings is 3. The molecule has 2 aliphatic heterocycles. The summed E-state index contributed by atoms with van der Waals surface area (Å²) in [5.41, 5.74) is 4.86. The van der Waals surface area contributed by atoms with Gasteiger partial charge in [0, 0.05) is 44.0 Å². The fourth-order valence-electron chi connectivity index (χ4n) is 5.91. The standard InChI is InChI=1S/C31H36N4O2/c1-22-10-9-11-23(2)29(22)30(36)35-20-25-18-34(19-26(25)21-35)17-16-28(24-12-5-3-6-13-24)33-31(37)32-27-14-7-4-8-15-27/h3-15,25-26,28H,16-21H2,1-2H3,(H2,32,33,37)/t25-,26?,28?/m0/s1. The lowest BCUT2D eigenvalue weighted by atomic mass is 10.0. The third-order valence-corrected chi connectivity index (χ3v) is 7.82. The molecule has 3 amide bonds. The van der Waals surface area contributed by atoms with Crippen molar-refractivity contribution in [1.82, 2.24) is 15.1 Å². The highest BCUT2D eigenvalue weighted by Gasteiger charge is 2.42. The van der Waals surface area contributed by atoms with E-state index in [1.54, 1.807) is 0 Å². The highest BCUT2D eigenvalue weighted by molar-refractivity contribution is 5.97. The molecule has 37 heavy (non-hydrogen) atoms. The minimum atomic E-state index is -0.195. The summed E-state index contributed by atoms with van der Waals surface area (Å²) in [4.78, 5) is 30.6. The Morgan fingerprint density at radius 2 is 1.41 bits per heavy atom. The molecule has 2 saturated heterocycles. The molecule has 2 aliphatic rings. The van der Waals surface area contributed by atoms with Gasteiger partial charge in [0.25, 0.3) is 5.91 Å². The molecule has 3 aromatic rings. The van der Waals surface area contributed by atoms with Gasteiger partial charge >= 0.3 is 6.03 Å². The second-order valence-electron chi connectivity index (χ2n) is 10.5. The molecule has 2 unspecified atom stereocenters. The van der Waals surface area contributed by atoms with E-state index < -0.39 is 0 Å². The molecular weight excluding hydrogens is 460 g/mol. The van der Waals surface area contributed by atoms with Crippen LogP contribution in [0, 0.1) is 25.7 Å². The number of carbonyl (C=O) groups is 2. The minimum Gasteiger partial charge on any atom is -0.338 e. The number of amides is 3. The topological polar surface area (TPSA) is 64.7 Å². The van der Waals surface area contributed by atoms with Crippen molar-refractivity contribution in [3.8, 4) is 0 Å². The zero-order valence-electron chi connectivity index (χ0n) is 21.7. The van der Waals surface area contributed by atoms with Crippen molar-refractivity contribution in [3.05, 3.63) is 101 Å². The molecule has 2 N–H and O–H groups in total. The normalized spacial score (nSPS) is 19.9. The zero-order chi connectivity index (χ0) is 25.8. The van der Waals surface area contributed by atoms with Crippen LogP contribution < -0.4 is 10.6 Å². The number of likely N-dealkylation sites (tertiary alicyclic amines) is 2. The van der Waals surface area contributed by atoms with Crippen LogP contribution in [0.2, 0.25) is 0 Å². The summed E-state index contributed by atoms with van der Waals surface area (Å²) >= 11 is 0. The number of carbonyl (C=O) groups excluding carboxylic acids is 2. The molecule has 2 heterocycles. The van der Waals surface area contributed by atoms with Crippen LogP contribution in [0.3, 0.4) is 0 Å². The lowest BCUT2D eigenvalue weighted by Gasteiger charge is -2.25. The summed E-state index contributed by atoms with van der Waals surface area (Å²) in [6.45, 7) is 8.61. The fraction of sp³-hybridized carbons (Fsp3) is 0.355. The molecule has 0 radical (unpaired) electrons. The van der Waals surface area contributed by atoms with Crippen LogP contribution in [0.5, 0.6) is 0 Å². The second-order valence-corrected chi connectivity index (χ2v) is 10.5. The van der Waals surface area contributed by atoms with Gasteiger partial charge in [-0.15, -0.1) is 0 Å². The van der Waals surface area contributed by atoms with Crippen LogP contribution in [-0.4, -0.2) is 54.5 Å². The van der Waals surface area contributed by atoms with Gasteiger partial charge in [0.15, 0.2) is 0 Å². The highest BCUT2D eigenvalue weighted by Crippen LogP contribution is 2.33. The van der Waals surface area contributed by atoms with E-state index in [0.29, 0.717) is 11.8 Å². The third kappa shape index (κ3) is 5.86. The predicted octanol–water partition coefficient (Wildman–Crippen LogP) is 5.26. The van der Waals surface area contributed by atoms with Crippen molar-refractivity contribution in [2.24, 2.45) is 11.8 Å². The van der Waals surface area contributed by atoms with E-state index in [9.17, 15) is 9.59 Å². The Morgan fingerprint density at radius 3 is 2.03 bits per heavy atom. The zero-order valence-corrected chi connectivity index (χ0v) is 21.7. The molecule has 3 aromatic carbocycles. The SMILES string of the molecule is Cc1cccc(C)c1C(=O)N1CC2CN(CCC(NC(=O)Nc3ccccc3)c3ccccc3)C[C@H]2C1. The van der Waals surface area contributed by atoms with Crippen molar-refractivity contribution < 1.29 is 9.59 Å². The summed E-state index contributed by atoms with van der Waals surface area (Å²) in [5, 5.41) is 6.12. The molecule has 2 fully saturated rings. The first-order valence-corrected chi connectivity index (χ1v) is 13.2. The smallest absolute Gasteiger partial charge is 0.319 e. The van der Waals surface area contributed by atoms with Gasteiger partial charge in [0.1, 0.15) is 0 Å². The van der Waals surface area contributed by atoms with Gasteiger partial charge in [0.05, 0.1) is 6.04 Å². The summed E-state index contributed by atoms with van der Waals surface area (Å²) < 4.78 is 0. The summed E-state index contributed by atoms with van der Waals surface area (Å²) in [6, 6.07) is 25.5. The van der Waals surface area contributed by atoms with Gasteiger partial charge in [-0.1, -0.05) is 66.7 Å². The molecule has 3 atom stereocenters. The Hall–Kier alpha value is -3.64. The highest BCUT2D eigenvalue weighted by atomic mass is 16.2. The largest absolute Gasteiger partial charge is 0.338 e. The van der Waals surface area contributed by atoms with Crippen LogP contribution >= 0.6 is 0 Å². The maximum absolute atomic E-state index is 13.3. The first-order valence-electron chi connectivity index (χ1n) is 13.2. The average Bonchev–Trinajstić information content (AvgIpc) is 3.47. The second kappa shape index (κ2) is 11.2. The molecule has 192 valence electrons. The number of rotatable bonds is 7. The number of hydrogen-bond acceptors (Lipinski definition) is 3. The Balaban J connectivity index is 1.17. The van der Waals surface area contributed by atoms with E-state index in [-0.39, 0.29) is 18.0 Å². The maximum atomic E-state index is 13.3. The van der Waals surface area contributed by atoms with E-state index in [2.05, 4.69) is 32.6 Å². The number of fused-ring (bicyclic) bond motifs is 1. The first-order chi connectivity index (χ1) is 18.0. The number of nitrogens with zero attached hydrogens (tertiary/aromatic N) is 2. The molecule has 0 aliphatic carbocycles. The van der Waals surface area contributed by atoms with Gasteiger partial charge in [0.2, 0.25) is 0 Å². The Kier molecular flexibility index (Phi) is 7.56. The van der Waals surface area contributed by atoms with Crippen molar-refractivity contribution in [2.45, 2.75) is 26.3 Å². The van der Waals surface area contributed by atoms with Gasteiger partial charge in [-0.3, -0.25) is 4.79 Å². The van der Waals surface area contributed by atoms with Crippen LogP contribution in [0.25, 0.3) is 0 Å². The van der Waals surface area contributed by atoms with Crippen molar-refractivity contribution in [1.29, 1.82) is 0 Å². The number of nitrogens with one attached hydrogen (secondary N) is 2. The molecule has 0 aromatic heterocycles.